The van der Waals surface area contributed by atoms with Crippen molar-refractivity contribution in [2.45, 2.75) is 103 Å². The predicted octanol–water partition coefficient (Wildman–Crippen LogP) is 6.42. The average molecular weight is 280 g/mol. The molecule has 0 aromatic rings. The van der Waals surface area contributed by atoms with Gasteiger partial charge in [-0.1, -0.05) is 83.3 Å². The minimum Gasteiger partial charge on any atom is -0.374 e. The van der Waals surface area contributed by atoms with Crippen LogP contribution in [0.5, 0.6) is 0 Å². The maximum Gasteiger partial charge on any atom is 0.0677 e. The quantitative estimate of drug-likeness (QED) is 0.331. The lowest BCUT2D eigenvalue weighted by molar-refractivity contribution is 0.0492. The molecule has 0 aromatic heterocycles. The minimum atomic E-state index is 0.511. The third-order valence-electron chi connectivity index (χ3n) is 4.46. The highest BCUT2D eigenvalue weighted by molar-refractivity contribution is 4.94. The summed E-state index contributed by atoms with van der Waals surface area (Å²) in [6, 6.07) is 0. The van der Waals surface area contributed by atoms with E-state index < -0.39 is 0 Å². The van der Waals surface area contributed by atoms with Crippen LogP contribution in [-0.2, 0) is 4.74 Å². The molecule has 0 amide bonds. The van der Waals surface area contributed by atoms with Gasteiger partial charge >= 0.3 is 0 Å². The van der Waals surface area contributed by atoms with Gasteiger partial charge in [-0.05, 0) is 25.7 Å². The molecule has 1 aliphatic rings. The van der Waals surface area contributed by atoms with Crippen molar-refractivity contribution in [1.29, 1.82) is 0 Å². The first-order valence-corrected chi connectivity index (χ1v) is 9.11. The summed E-state index contributed by atoms with van der Waals surface area (Å²) in [4.78, 5) is 0. The van der Waals surface area contributed by atoms with Crippen LogP contribution in [0.2, 0.25) is 0 Å². The lowest BCUT2D eigenvalue weighted by Crippen LogP contribution is -2.16. The Kier molecular flexibility index (Phi) is 11.0. The summed E-state index contributed by atoms with van der Waals surface area (Å²) in [6.07, 6.45) is 19.3. The first kappa shape index (κ1) is 17.8. The molecule has 1 aliphatic carbocycles. The molecule has 0 N–H and O–H groups in total. The zero-order valence-electron chi connectivity index (χ0n) is 13.8. The molecule has 0 bridgehead atoms. The van der Waals surface area contributed by atoms with E-state index >= 15 is 0 Å². The van der Waals surface area contributed by atoms with E-state index in [1.54, 1.807) is 0 Å². The van der Waals surface area contributed by atoms with Crippen molar-refractivity contribution in [3.05, 3.63) is 12.2 Å². The SMILES string of the molecule is C=C(CCCCCCCC)COC1CCCCCCC1. The third-order valence-corrected chi connectivity index (χ3v) is 4.46. The zero-order valence-corrected chi connectivity index (χ0v) is 13.8. The first-order chi connectivity index (χ1) is 9.83. The second-order valence-electron chi connectivity index (χ2n) is 6.55. The Labute approximate surface area is 127 Å². The Morgan fingerprint density at radius 1 is 0.900 bits per heavy atom. The lowest BCUT2D eigenvalue weighted by Gasteiger charge is -2.20. The van der Waals surface area contributed by atoms with Crippen molar-refractivity contribution >= 4 is 0 Å². The van der Waals surface area contributed by atoms with Gasteiger partial charge in [0.2, 0.25) is 0 Å². The van der Waals surface area contributed by atoms with Crippen molar-refractivity contribution in [3.63, 3.8) is 0 Å². The first-order valence-electron chi connectivity index (χ1n) is 9.11. The fourth-order valence-electron chi connectivity index (χ4n) is 3.05. The molecular formula is C19H36O. The number of ether oxygens (including phenoxy) is 1. The van der Waals surface area contributed by atoms with Gasteiger partial charge in [-0.15, -0.1) is 0 Å². The van der Waals surface area contributed by atoms with E-state index in [1.165, 1.54) is 95.5 Å². The van der Waals surface area contributed by atoms with Gasteiger partial charge in [0.1, 0.15) is 0 Å². The Morgan fingerprint density at radius 3 is 2.20 bits per heavy atom. The predicted molar refractivity (Wildman–Crippen MR) is 89.2 cm³/mol. The van der Waals surface area contributed by atoms with Gasteiger partial charge in [-0.3, -0.25) is 0 Å². The summed E-state index contributed by atoms with van der Waals surface area (Å²) >= 11 is 0. The zero-order chi connectivity index (χ0) is 14.5. The molecule has 0 aromatic carbocycles. The Hall–Kier alpha value is -0.300. The molecule has 0 unspecified atom stereocenters. The van der Waals surface area contributed by atoms with Crippen LogP contribution in [0.15, 0.2) is 12.2 Å². The van der Waals surface area contributed by atoms with Crippen LogP contribution in [0, 0.1) is 0 Å². The highest BCUT2D eigenvalue weighted by Crippen LogP contribution is 2.20. The molecule has 1 rings (SSSR count). The van der Waals surface area contributed by atoms with Crippen molar-refractivity contribution < 1.29 is 4.74 Å². The Balaban J connectivity index is 1.98. The molecule has 0 aliphatic heterocycles. The second-order valence-corrected chi connectivity index (χ2v) is 6.55. The van der Waals surface area contributed by atoms with Crippen molar-refractivity contribution in [1.82, 2.24) is 0 Å². The van der Waals surface area contributed by atoms with E-state index in [9.17, 15) is 0 Å². The molecule has 1 nitrogen and oxygen atoms in total. The molecule has 0 spiro atoms. The standard InChI is InChI=1S/C19H36O/c1-3-4-5-6-8-11-14-18(2)17-20-19-15-12-9-7-10-13-16-19/h19H,2-17H2,1H3. The van der Waals surface area contributed by atoms with Crippen molar-refractivity contribution in [3.8, 4) is 0 Å². The van der Waals surface area contributed by atoms with Gasteiger partial charge in [-0.25, -0.2) is 0 Å². The maximum atomic E-state index is 6.08. The normalized spacial score (nSPS) is 17.6. The Bertz CT molecular complexity index is 226. The fraction of sp³-hybridized carbons (Fsp3) is 0.895. The van der Waals surface area contributed by atoms with E-state index in [0.29, 0.717) is 6.10 Å². The monoisotopic (exact) mass is 280 g/mol. The molecule has 118 valence electrons. The van der Waals surface area contributed by atoms with E-state index in [2.05, 4.69) is 13.5 Å². The van der Waals surface area contributed by atoms with E-state index in [-0.39, 0.29) is 0 Å². The number of rotatable bonds is 10. The summed E-state index contributed by atoms with van der Waals surface area (Å²) in [6.45, 7) is 7.27. The van der Waals surface area contributed by atoms with Crippen LogP contribution in [0.4, 0.5) is 0 Å². The minimum absolute atomic E-state index is 0.511. The van der Waals surface area contributed by atoms with Gasteiger partial charge in [0.05, 0.1) is 12.7 Å². The highest BCUT2D eigenvalue weighted by Gasteiger charge is 2.11. The second kappa shape index (κ2) is 12.4. The molecule has 0 atom stereocenters. The van der Waals surface area contributed by atoms with Crippen LogP contribution < -0.4 is 0 Å². The molecule has 1 saturated carbocycles. The fourth-order valence-corrected chi connectivity index (χ4v) is 3.05. The third kappa shape index (κ3) is 9.58. The summed E-state index contributed by atoms with van der Waals surface area (Å²) in [7, 11) is 0. The van der Waals surface area contributed by atoms with Crippen LogP contribution in [0.25, 0.3) is 0 Å². The van der Waals surface area contributed by atoms with E-state index in [0.717, 1.165) is 6.61 Å². The maximum absolute atomic E-state index is 6.08. The highest BCUT2D eigenvalue weighted by atomic mass is 16.5. The summed E-state index contributed by atoms with van der Waals surface area (Å²) < 4.78 is 6.08. The molecule has 0 radical (unpaired) electrons. The van der Waals surface area contributed by atoms with Gasteiger partial charge in [-0.2, -0.15) is 0 Å². The van der Waals surface area contributed by atoms with Crippen molar-refractivity contribution in [2.75, 3.05) is 6.61 Å². The Morgan fingerprint density at radius 2 is 1.50 bits per heavy atom. The molecule has 1 fully saturated rings. The van der Waals surface area contributed by atoms with Gasteiger partial charge in [0, 0.05) is 0 Å². The molecule has 1 heteroatoms. The topological polar surface area (TPSA) is 9.23 Å². The summed E-state index contributed by atoms with van der Waals surface area (Å²) in [5.41, 5.74) is 1.31. The van der Waals surface area contributed by atoms with Crippen LogP contribution >= 0.6 is 0 Å². The van der Waals surface area contributed by atoms with Crippen LogP contribution in [0.1, 0.15) is 96.8 Å². The van der Waals surface area contributed by atoms with Gasteiger partial charge < -0.3 is 4.74 Å². The van der Waals surface area contributed by atoms with Crippen LogP contribution in [0.3, 0.4) is 0 Å². The number of hydrogen-bond donors (Lipinski definition) is 0. The molecule has 20 heavy (non-hydrogen) atoms. The molecular weight excluding hydrogens is 244 g/mol. The molecule has 0 saturated heterocycles. The summed E-state index contributed by atoms with van der Waals surface area (Å²) in [5, 5.41) is 0. The lowest BCUT2D eigenvalue weighted by atomic mass is 9.98. The number of unbranched alkanes of at least 4 members (excludes halogenated alkanes) is 5. The van der Waals surface area contributed by atoms with Gasteiger partial charge in [0.15, 0.2) is 0 Å². The number of hydrogen-bond acceptors (Lipinski definition) is 1. The largest absolute Gasteiger partial charge is 0.374 e. The van der Waals surface area contributed by atoms with Crippen LogP contribution in [-0.4, -0.2) is 12.7 Å². The van der Waals surface area contributed by atoms with E-state index in [4.69, 9.17) is 4.74 Å². The average Bonchev–Trinajstić information content (AvgIpc) is 2.41. The molecule has 0 heterocycles. The summed E-state index contributed by atoms with van der Waals surface area (Å²) in [5.74, 6) is 0. The smallest absolute Gasteiger partial charge is 0.0677 e. The van der Waals surface area contributed by atoms with E-state index in [1.807, 2.05) is 0 Å². The van der Waals surface area contributed by atoms with Crippen molar-refractivity contribution in [2.24, 2.45) is 0 Å². The van der Waals surface area contributed by atoms with Gasteiger partial charge in [0.25, 0.3) is 0 Å².